The molecule has 1 aromatic carbocycles. The van der Waals surface area contributed by atoms with Gasteiger partial charge in [-0.1, -0.05) is 17.7 Å². The number of methoxy groups -OCH3 is 1. The number of halogens is 2. The predicted molar refractivity (Wildman–Crippen MR) is 88.1 cm³/mol. The highest BCUT2D eigenvalue weighted by Gasteiger charge is 2.24. The highest BCUT2D eigenvalue weighted by atomic mass is 19.2. The van der Waals surface area contributed by atoms with Gasteiger partial charge in [0.25, 0.3) is 0 Å². The number of nitrogens with two attached hydrogens (primary N) is 1. The Morgan fingerprint density at radius 3 is 2.35 bits per heavy atom. The largest absolute Gasteiger partial charge is 0.494 e. The summed E-state index contributed by atoms with van der Waals surface area (Å²) >= 11 is 0. The lowest BCUT2D eigenvalue weighted by Gasteiger charge is -2.29. The van der Waals surface area contributed by atoms with Gasteiger partial charge in [0.2, 0.25) is 5.82 Å². The van der Waals surface area contributed by atoms with Crippen molar-refractivity contribution in [2.75, 3.05) is 7.11 Å². The van der Waals surface area contributed by atoms with Crippen LogP contribution in [-0.4, -0.2) is 13.2 Å². The van der Waals surface area contributed by atoms with Gasteiger partial charge >= 0.3 is 0 Å². The van der Waals surface area contributed by atoms with Gasteiger partial charge in [-0.3, -0.25) is 0 Å². The molecule has 124 valence electrons. The molecule has 4 heteroatoms. The highest BCUT2D eigenvalue weighted by Crippen LogP contribution is 2.37. The van der Waals surface area contributed by atoms with Crippen LogP contribution in [0.1, 0.15) is 44.1 Å². The van der Waals surface area contributed by atoms with Crippen LogP contribution in [0.15, 0.2) is 29.9 Å². The molecule has 0 heterocycles. The van der Waals surface area contributed by atoms with Crippen molar-refractivity contribution >= 4 is 5.57 Å². The van der Waals surface area contributed by atoms with E-state index in [-0.39, 0.29) is 5.75 Å². The standard InChI is InChI=1S/C19H23F2NO/c1-23-17-11-10-16(18(20)19(17)21)14-4-2-12(3-5-14)13-6-8-15(22)9-7-13/h2,4,10-11,13,15H,3,5-9,22H2,1H3. The van der Waals surface area contributed by atoms with Crippen LogP contribution in [0.4, 0.5) is 8.78 Å². The Balaban J connectivity index is 1.79. The summed E-state index contributed by atoms with van der Waals surface area (Å²) in [6.07, 6.45) is 10.1. The van der Waals surface area contributed by atoms with Crippen molar-refractivity contribution in [3.63, 3.8) is 0 Å². The predicted octanol–water partition coefficient (Wildman–Crippen LogP) is 4.59. The number of benzene rings is 1. The molecule has 0 radical (unpaired) electrons. The van der Waals surface area contributed by atoms with Crippen LogP contribution >= 0.6 is 0 Å². The van der Waals surface area contributed by atoms with Gasteiger partial charge < -0.3 is 10.5 Å². The Hall–Kier alpha value is -1.68. The highest BCUT2D eigenvalue weighted by molar-refractivity contribution is 5.70. The number of hydrogen-bond acceptors (Lipinski definition) is 2. The summed E-state index contributed by atoms with van der Waals surface area (Å²) in [4.78, 5) is 0. The van der Waals surface area contributed by atoms with Crippen LogP contribution in [-0.2, 0) is 0 Å². The molecule has 2 aliphatic carbocycles. The molecule has 1 aromatic rings. The Morgan fingerprint density at radius 2 is 1.74 bits per heavy atom. The molecule has 2 aliphatic rings. The van der Waals surface area contributed by atoms with E-state index >= 15 is 0 Å². The summed E-state index contributed by atoms with van der Waals surface area (Å²) in [6.45, 7) is 0. The van der Waals surface area contributed by atoms with Crippen LogP contribution < -0.4 is 10.5 Å². The molecular weight excluding hydrogens is 296 g/mol. The van der Waals surface area contributed by atoms with E-state index in [1.807, 2.05) is 6.08 Å². The van der Waals surface area contributed by atoms with E-state index in [0.717, 1.165) is 44.1 Å². The van der Waals surface area contributed by atoms with E-state index in [1.54, 1.807) is 6.07 Å². The first-order valence-electron chi connectivity index (χ1n) is 8.27. The van der Waals surface area contributed by atoms with Crippen molar-refractivity contribution in [2.24, 2.45) is 11.7 Å². The Bertz CT molecular complexity index is 643. The van der Waals surface area contributed by atoms with Gasteiger partial charge in [0, 0.05) is 11.6 Å². The second-order valence-corrected chi connectivity index (χ2v) is 6.49. The Kier molecular flexibility index (Phi) is 4.81. The lowest BCUT2D eigenvalue weighted by molar-refractivity contribution is 0.356. The molecule has 0 amide bonds. The van der Waals surface area contributed by atoms with Crippen LogP contribution in [0.3, 0.4) is 0 Å². The number of hydrogen-bond donors (Lipinski definition) is 1. The van der Waals surface area contributed by atoms with Crippen LogP contribution in [0.5, 0.6) is 5.75 Å². The first-order valence-corrected chi connectivity index (χ1v) is 8.27. The molecule has 23 heavy (non-hydrogen) atoms. The maximum atomic E-state index is 14.2. The zero-order valence-electron chi connectivity index (χ0n) is 13.4. The smallest absolute Gasteiger partial charge is 0.201 e. The molecule has 0 bridgehead atoms. The summed E-state index contributed by atoms with van der Waals surface area (Å²) in [6, 6.07) is 3.43. The molecule has 3 rings (SSSR count). The topological polar surface area (TPSA) is 35.2 Å². The second kappa shape index (κ2) is 6.83. The van der Waals surface area contributed by atoms with E-state index in [4.69, 9.17) is 10.5 Å². The van der Waals surface area contributed by atoms with Crippen LogP contribution in [0.2, 0.25) is 0 Å². The fourth-order valence-corrected chi connectivity index (χ4v) is 3.65. The fourth-order valence-electron chi connectivity index (χ4n) is 3.65. The van der Waals surface area contributed by atoms with Gasteiger partial charge in [0.15, 0.2) is 11.6 Å². The Labute approximate surface area is 136 Å². The van der Waals surface area contributed by atoms with Crippen LogP contribution in [0, 0.1) is 17.6 Å². The minimum atomic E-state index is -0.915. The lowest BCUT2D eigenvalue weighted by Crippen LogP contribution is -2.27. The first kappa shape index (κ1) is 16.2. The van der Waals surface area contributed by atoms with Crippen molar-refractivity contribution in [2.45, 2.75) is 44.6 Å². The molecule has 0 saturated heterocycles. The maximum absolute atomic E-state index is 14.2. The van der Waals surface area contributed by atoms with E-state index in [2.05, 4.69) is 6.08 Å². The zero-order chi connectivity index (χ0) is 16.4. The van der Waals surface area contributed by atoms with Crippen molar-refractivity contribution in [1.82, 2.24) is 0 Å². The molecule has 2 nitrogen and oxygen atoms in total. The number of allylic oxidation sites excluding steroid dienone is 4. The summed E-state index contributed by atoms with van der Waals surface area (Å²) in [7, 11) is 1.34. The SMILES string of the molecule is COc1ccc(C2=CC=C(C3CCC(N)CC3)CC2)c(F)c1F. The van der Waals surface area contributed by atoms with Gasteiger partial charge in [0.1, 0.15) is 0 Å². The third-order valence-corrected chi connectivity index (χ3v) is 5.09. The van der Waals surface area contributed by atoms with Crippen molar-refractivity contribution in [3.8, 4) is 5.75 Å². The van der Waals surface area contributed by atoms with Gasteiger partial charge in [-0.05, 0) is 62.1 Å². The van der Waals surface area contributed by atoms with Crippen molar-refractivity contribution < 1.29 is 13.5 Å². The molecule has 0 unspecified atom stereocenters. The molecule has 2 N–H and O–H groups in total. The third-order valence-electron chi connectivity index (χ3n) is 5.09. The fraction of sp³-hybridized carbons (Fsp3) is 0.474. The van der Waals surface area contributed by atoms with Crippen molar-refractivity contribution in [3.05, 3.63) is 47.1 Å². The molecule has 0 aliphatic heterocycles. The summed E-state index contributed by atoms with van der Waals surface area (Å²) in [5.74, 6) is -1.19. The summed E-state index contributed by atoms with van der Waals surface area (Å²) in [5, 5.41) is 0. The van der Waals surface area contributed by atoms with Gasteiger partial charge in [0.05, 0.1) is 7.11 Å². The molecule has 1 saturated carbocycles. The zero-order valence-corrected chi connectivity index (χ0v) is 13.4. The lowest BCUT2D eigenvalue weighted by atomic mass is 9.78. The molecule has 0 atom stereocenters. The molecular formula is C19H23F2NO. The van der Waals surface area contributed by atoms with E-state index in [9.17, 15) is 8.78 Å². The minimum absolute atomic E-state index is 0.0579. The Morgan fingerprint density at radius 1 is 1.00 bits per heavy atom. The second-order valence-electron chi connectivity index (χ2n) is 6.49. The molecule has 1 fully saturated rings. The monoisotopic (exact) mass is 319 g/mol. The normalized spacial score (nSPS) is 24.9. The first-order chi connectivity index (χ1) is 11.1. The van der Waals surface area contributed by atoms with E-state index in [0.29, 0.717) is 17.5 Å². The average Bonchev–Trinajstić information content (AvgIpc) is 2.58. The number of ether oxygens (including phenoxy) is 1. The van der Waals surface area contributed by atoms with Crippen LogP contribution in [0.25, 0.3) is 5.57 Å². The maximum Gasteiger partial charge on any atom is 0.201 e. The molecule has 0 aromatic heterocycles. The van der Waals surface area contributed by atoms with Gasteiger partial charge in [-0.25, -0.2) is 4.39 Å². The summed E-state index contributed by atoms with van der Waals surface area (Å²) < 4.78 is 32.9. The van der Waals surface area contributed by atoms with Crippen molar-refractivity contribution in [1.29, 1.82) is 0 Å². The molecule has 0 spiro atoms. The van der Waals surface area contributed by atoms with E-state index < -0.39 is 11.6 Å². The van der Waals surface area contributed by atoms with E-state index in [1.165, 1.54) is 18.7 Å². The summed E-state index contributed by atoms with van der Waals surface area (Å²) in [5.41, 5.74) is 8.57. The minimum Gasteiger partial charge on any atom is -0.494 e. The third kappa shape index (κ3) is 3.32. The van der Waals surface area contributed by atoms with Gasteiger partial charge in [-0.15, -0.1) is 0 Å². The number of rotatable bonds is 3. The van der Waals surface area contributed by atoms with Gasteiger partial charge in [-0.2, -0.15) is 4.39 Å². The quantitative estimate of drug-likeness (QED) is 0.884. The average molecular weight is 319 g/mol.